The maximum atomic E-state index is 10.3. The van der Waals surface area contributed by atoms with Gasteiger partial charge in [-0.25, -0.2) is 0 Å². The van der Waals surface area contributed by atoms with Crippen LogP contribution in [0.2, 0.25) is 0 Å². The molecular weight excluding hydrogens is 205 g/mol. The van der Waals surface area contributed by atoms with E-state index in [1.807, 2.05) is 7.05 Å². The second-order valence-corrected chi connectivity index (χ2v) is 3.58. The third kappa shape index (κ3) is 2.85. The minimum absolute atomic E-state index is 0.0119. The first-order chi connectivity index (χ1) is 3.18. The van der Waals surface area contributed by atoms with Gasteiger partial charge in [0.05, 0.1) is 0 Å². The van der Waals surface area contributed by atoms with Gasteiger partial charge in [0.15, 0.2) is 0 Å². The third-order valence-corrected chi connectivity index (χ3v) is 2.81. The van der Waals surface area contributed by atoms with Crippen molar-refractivity contribution in [1.29, 1.82) is 0 Å². The number of hydrogen-bond acceptors (Lipinski definition) is 1. The van der Waals surface area contributed by atoms with Crippen LogP contribution in [0, 0.1) is 0 Å². The number of nitrogens with zero attached hydrogens (tertiary/aromatic N) is 1. The number of alkyl halides is 1. The van der Waals surface area contributed by atoms with Crippen molar-refractivity contribution in [3.05, 3.63) is 0 Å². The molecule has 0 spiro atoms. The van der Waals surface area contributed by atoms with Crippen molar-refractivity contribution in [3.8, 4) is 0 Å². The summed E-state index contributed by atoms with van der Waals surface area (Å²) >= 11 is -0.0119. The molecule has 0 bridgehead atoms. The van der Waals surface area contributed by atoms with E-state index in [9.17, 15) is 4.79 Å². The Balaban J connectivity index is 3.34. The van der Waals surface area contributed by atoms with Gasteiger partial charge in [-0.05, 0) is 0 Å². The molecule has 0 atom stereocenters. The van der Waals surface area contributed by atoms with Crippen LogP contribution in [0.3, 0.4) is 0 Å². The van der Waals surface area contributed by atoms with Gasteiger partial charge in [0.1, 0.15) is 0 Å². The summed E-state index contributed by atoms with van der Waals surface area (Å²) in [6.07, 6.45) is 0. The van der Waals surface area contributed by atoms with Crippen molar-refractivity contribution in [1.82, 2.24) is 3.11 Å². The zero-order chi connectivity index (χ0) is 5.86. The zero-order valence-corrected chi connectivity index (χ0v) is 6.89. The number of rotatable bonds is 1. The minimum atomic E-state index is -0.0119. The first kappa shape index (κ1) is 7.20. The first-order valence-electron chi connectivity index (χ1n) is 1.92. The molecule has 44 valence electrons. The summed E-state index contributed by atoms with van der Waals surface area (Å²) < 4.78 is 1.76. The summed E-state index contributed by atoms with van der Waals surface area (Å²) in [7, 11) is 1.83. The summed E-state index contributed by atoms with van der Waals surface area (Å²) in [6.45, 7) is 1.59. The molecule has 0 aromatic rings. The second kappa shape index (κ2) is 3.23. The van der Waals surface area contributed by atoms with Crippen LogP contribution in [0.25, 0.3) is 0 Å². The standard InChI is InChI=1S/C4H9INO/c1-4(7)6(3)5-2/h1-3H3/q-1. The van der Waals surface area contributed by atoms with Crippen LogP contribution in [0.4, 0.5) is 0 Å². The summed E-state index contributed by atoms with van der Waals surface area (Å²) in [5, 5.41) is 0. The Morgan fingerprint density at radius 1 is 1.71 bits per heavy atom. The van der Waals surface area contributed by atoms with Crippen molar-refractivity contribution >= 4 is 5.91 Å². The van der Waals surface area contributed by atoms with Gasteiger partial charge in [-0.15, -0.1) is 0 Å². The molecule has 0 radical (unpaired) electrons. The fraction of sp³-hybridized carbons (Fsp3) is 0.750. The summed E-state index contributed by atoms with van der Waals surface area (Å²) in [6, 6.07) is 0. The number of carbonyl (C=O) groups excluding carboxylic acids is 1. The van der Waals surface area contributed by atoms with Crippen LogP contribution in [0.5, 0.6) is 0 Å². The van der Waals surface area contributed by atoms with Gasteiger partial charge in [-0.2, -0.15) is 0 Å². The van der Waals surface area contributed by atoms with Crippen LogP contribution in [-0.2, 0) is 4.79 Å². The number of halogens is 1. The second-order valence-electron chi connectivity index (χ2n) is 1.17. The number of amides is 1. The van der Waals surface area contributed by atoms with Crippen molar-refractivity contribution in [2.75, 3.05) is 12.0 Å². The van der Waals surface area contributed by atoms with E-state index in [4.69, 9.17) is 0 Å². The van der Waals surface area contributed by atoms with Gasteiger partial charge >= 0.3 is 54.2 Å². The summed E-state index contributed by atoms with van der Waals surface area (Å²) in [5.41, 5.74) is 0. The Bertz CT molecular complexity index is 74.1. The zero-order valence-electron chi connectivity index (χ0n) is 4.73. The molecule has 0 rings (SSSR count). The Labute approximate surface area is 54.5 Å². The normalized spacial score (nSPS) is 9.00. The predicted molar refractivity (Wildman–Crippen MR) is 24.4 cm³/mol. The fourth-order valence-electron chi connectivity index (χ4n) is 0.119. The molecule has 2 nitrogen and oxygen atoms in total. The van der Waals surface area contributed by atoms with E-state index in [2.05, 4.69) is 4.93 Å². The van der Waals surface area contributed by atoms with Crippen LogP contribution < -0.4 is 21.5 Å². The van der Waals surface area contributed by atoms with Gasteiger partial charge in [0, 0.05) is 0 Å². The van der Waals surface area contributed by atoms with Crippen LogP contribution in [-0.4, -0.2) is 21.0 Å². The van der Waals surface area contributed by atoms with Crippen LogP contribution in [0.15, 0.2) is 0 Å². The molecule has 0 aromatic heterocycles. The Morgan fingerprint density at radius 3 is 2.14 bits per heavy atom. The van der Waals surface area contributed by atoms with E-state index >= 15 is 0 Å². The Kier molecular flexibility index (Phi) is 3.33. The first-order valence-corrected chi connectivity index (χ1v) is 5.04. The molecule has 1 amide bonds. The molecule has 0 saturated carbocycles. The van der Waals surface area contributed by atoms with E-state index in [0.29, 0.717) is 0 Å². The molecule has 0 saturated heterocycles. The quantitative estimate of drug-likeness (QED) is 0.260. The van der Waals surface area contributed by atoms with E-state index in [1.54, 1.807) is 10.0 Å². The molecule has 3 heteroatoms. The molecule has 0 aromatic carbocycles. The molecule has 0 unspecified atom stereocenters. The fourth-order valence-corrected chi connectivity index (χ4v) is 0.798. The average molecular weight is 214 g/mol. The van der Waals surface area contributed by atoms with E-state index in [1.165, 1.54) is 0 Å². The van der Waals surface area contributed by atoms with Crippen molar-refractivity contribution < 1.29 is 26.3 Å². The van der Waals surface area contributed by atoms with Gasteiger partial charge in [-0.3, -0.25) is 0 Å². The molecule has 0 heterocycles. The predicted octanol–water partition coefficient (Wildman–Crippen LogP) is -2.90. The number of hydrogen-bond donors (Lipinski definition) is 0. The van der Waals surface area contributed by atoms with Gasteiger partial charge < -0.3 is 0 Å². The van der Waals surface area contributed by atoms with Crippen LogP contribution >= 0.6 is 0 Å². The van der Waals surface area contributed by atoms with Crippen molar-refractivity contribution in [3.63, 3.8) is 0 Å². The Morgan fingerprint density at radius 2 is 2.14 bits per heavy atom. The average Bonchev–Trinajstić information content (AvgIpc) is 1.65. The molecule has 0 fully saturated rings. The van der Waals surface area contributed by atoms with E-state index in [0.717, 1.165) is 0 Å². The maximum absolute atomic E-state index is 10.3. The third-order valence-electron chi connectivity index (χ3n) is 0.687. The van der Waals surface area contributed by atoms with Gasteiger partial charge in [-0.1, -0.05) is 0 Å². The monoisotopic (exact) mass is 214 g/mol. The SMILES string of the molecule is C[I-]N(C)C(C)=O. The van der Waals surface area contributed by atoms with E-state index < -0.39 is 0 Å². The van der Waals surface area contributed by atoms with Crippen LogP contribution in [0.1, 0.15) is 6.92 Å². The molecular formula is C4H9INO-. The van der Waals surface area contributed by atoms with Crippen molar-refractivity contribution in [2.45, 2.75) is 6.92 Å². The summed E-state index contributed by atoms with van der Waals surface area (Å²) in [5.74, 6) is 0.176. The molecule has 7 heavy (non-hydrogen) atoms. The van der Waals surface area contributed by atoms with E-state index in [-0.39, 0.29) is 27.4 Å². The Hall–Kier alpha value is 0.200. The summed E-state index contributed by atoms with van der Waals surface area (Å²) in [4.78, 5) is 12.4. The van der Waals surface area contributed by atoms with Gasteiger partial charge in [0.2, 0.25) is 0 Å². The topological polar surface area (TPSA) is 20.3 Å². The molecule has 0 aliphatic carbocycles. The van der Waals surface area contributed by atoms with Gasteiger partial charge in [0.25, 0.3) is 0 Å². The van der Waals surface area contributed by atoms with Crippen molar-refractivity contribution in [2.24, 2.45) is 0 Å². The molecule has 0 aliphatic rings. The number of carbonyl (C=O) groups is 1. The molecule has 0 N–H and O–H groups in total. The molecule has 0 aliphatic heterocycles.